The minimum absolute atomic E-state index is 0.0804. The summed E-state index contributed by atoms with van der Waals surface area (Å²) in [7, 11) is 1.98. The molecule has 1 heterocycles. The Balaban J connectivity index is 2.05. The highest BCUT2D eigenvalue weighted by atomic mass is 79.9. The topological polar surface area (TPSA) is 53.4 Å². The SMILES string of the molecule is CN(Cc1cccc(C(=O)O)n1)Cc1ccccc1Br. The molecule has 2 aromatic rings. The van der Waals surface area contributed by atoms with Gasteiger partial charge in [0.1, 0.15) is 5.69 Å². The molecule has 0 aliphatic carbocycles. The molecule has 104 valence electrons. The molecule has 0 atom stereocenters. The van der Waals surface area contributed by atoms with Gasteiger partial charge >= 0.3 is 5.97 Å². The van der Waals surface area contributed by atoms with E-state index in [1.165, 1.54) is 11.6 Å². The molecular formula is C15H15BrN2O2. The zero-order valence-corrected chi connectivity index (χ0v) is 12.7. The van der Waals surface area contributed by atoms with Crippen LogP contribution in [0.1, 0.15) is 21.7 Å². The summed E-state index contributed by atoms with van der Waals surface area (Å²) in [5, 5.41) is 8.93. The lowest BCUT2D eigenvalue weighted by atomic mass is 10.2. The Morgan fingerprint density at radius 2 is 1.95 bits per heavy atom. The van der Waals surface area contributed by atoms with Crippen LogP contribution in [0.4, 0.5) is 0 Å². The number of hydrogen-bond acceptors (Lipinski definition) is 3. The number of carbonyl (C=O) groups is 1. The highest BCUT2D eigenvalue weighted by Crippen LogP contribution is 2.18. The Labute approximate surface area is 126 Å². The maximum absolute atomic E-state index is 10.9. The van der Waals surface area contributed by atoms with Crippen molar-refractivity contribution >= 4 is 21.9 Å². The van der Waals surface area contributed by atoms with E-state index in [0.29, 0.717) is 6.54 Å². The first-order valence-corrected chi connectivity index (χ1v) is 6.97. The molecule has 2 rings (SSSR count). The molecule has 1 N–H and O–H groups in total. The fourth-order valence-electron chi connectivity index (χ4n) is 1.94. The Hall–Kier alpha value is -1.72. The largest absolute Gasteiger partial charge is 0.477 e. The van der Waals surface area contributed by atoms with Gasteiger partial charge in [0, 0.05) is 17.6 Å². The summed E-state index contributed by atoms with van der Waals surface area (Å²) >= 11 is 3.52. The molecule has 0 aliphatic rings. The van der Waals surface area contributed by atoms with Crippen LogP contribution in [-0.4, -0.2) is 28.0 Å². The van der Waals surface area contributed by atoms with Gasteiger partial charge in [0.15, 0.2) is 0 Å². The molecule has 0 saturated heterocycles. The molecule has 0 radical (unpaired) electrons. The van der Waals surface area contributed by atoms with Crippen molar-refractivity contribution in [3.05, 3.63) is 63.9 Å². The number of aromatic nitrogens is 1. The summed E-state index contributed by atoms with van der Waals surface area (Å²) in [6.45, 7) is 1.36. The van der Waals surface area contributed by atoms with Gasteiger partial charge in [-0.15, -0.1) is 0 Å². The van der Waals surface area contributed by atoms with Gasteiger partial charge in [-0.1, -0.05) is 40.2 Å². The van der Waals surface area contributed by atoms with Crippen molar-refractivity contribution in [3.63, 3.8) is 0 Å². The molecule has 0 spiro atoms. The minimum Gasteiger partial charge on any atom is -0.477 e. The first-order valence-electron chi connectivity index (χ1n) is 6.17. The zero-order valence-electron chi connectivity index (χ0n) is 11.1. The summed E-state index contributed by atoms with van der Waals surface area (Å²) < 4.78 is 1.07. The van der Waals surface area contributed by atoms with E-state index < -0.39 is 5.97 Å². The molecule has 20 heavy (non-hydrogen) atoms. The Bertz CT molecular complexity index is 616. The molecular weight excluding hydrogens is 320 g/mol. The van der Waals surface area contributed by atoms with Crippen LogP contribution in [0, 0.1) is 0 Å². The molecule has 1 aromatic carbocycles. The van der Waals surface area contributed by atoms with E-state index in [0.717, 1.165) is 16.7 Å². The number of carboxylic acids is 1. The van der Waals surface area contributed by atoms with Crippen molar-refractivity contribution in [2.24, 2.45) is 0 Å². The molecule has 1 aromatic heterocycles. The van der Waals surface area contributed by atoms with Crippen LogP contribution < -0.4 is 0 Å². The zero-order chi connectivity index (χ0) is 14.5. The quantitative estimate of drug-likeness (QED) is 0.912. The smallest absolute Gasteiger partial charge is 0.354 e. The number of halogens is 1. The number of benzene rings is 1. The number of pyridine rings is 1. The molecule has 0 amide bonds. The average Bonchev–Trinajstić information content (AvgIpc) is 2.41. The lowest BCUT2D eigenvalue weighted by Crippen LogP contribution is -2.18. The van der Waals surface area contributed by atoms with E-state index in [9.17, 15) is 4.79 Å². The normalized spacial score (nSPS) is 10.8. The second-order valence-corrected chi connectivity index (χ2v) is 5.44. The minimum atomic E-state index is -1.000. The third kappa shape index (κ3) is 3.88. The molecule has 0 fully saturated rings. The predicted octanol–water partition coefficient (Wildman–Crippen LogP) is 3.17. The number of hydrogen-bond donors (Lipinski definition) is 1. The molecule has 5 heteroatoms. The number of nitrogens with zero attached hydrogens (tertiary/aromatic N) is 2. The van der Waals surface area contributed by atoms with Crippen molar-refractivity contribution in [1.29, 1.82) is 0 Å². The summed E-state index contributed by atoms with van der Waals surface area (Å²) in [6, 6.07) is 13.1. The summed E-state index contributed by atoms with van der Waals surface area (Å²) in [4.78, 5) is 17.1. The fraction of sp³-hybridized carbons (Fsp3) is 0.200. The predicted molar refractivity (Wildman–Crippen MR) is 80.5 cm³/mol. The molecule has 0 unspecified atom stereocenters. The van der Waals surface area contributed by atoms with Gasteiger partial charge in [-0.2, -0.15) is 0 Å². The van der Waals surface area contributed by atoms with Crippen LogP contribution in [0.15, 0.2) is 46.9 Å². The van der Waals surface area contributed by atoms with Gasteiger partial charge in [0.25, 0.3) is 0 Å². The van der Waals surface area contributed by atoms with Gasteiger partial charge in [-0.05, 0) is 30.8 Å². The Morgan fingerprint density at radius 3 is 2.65 bits per heavy atom. The lowest BCUT2D eigenvalue weighted by Gasteiger charge is -2.17. The molecule has 0 saturated carbocycles. The van der Waals surface area contributed by atoms with Crippen LogP contribution in [0.3, 0.4) is 0 Å². The second-order valence-electron chi connectivity index (χ2n) is 4.58. The van der Waals surface area contributed by atoms with Crippen molar-refractivity contribution in [1.82, 2.24) is 9.88 Å². The highest BCUT2D eigenvalue weighted by Gasteiger charge is 2.08. The van der Waals surface area contributed by atoms with Crippen LogP contribution in [0.2, 0.25) is 0 Å². The van der Waals surface area contributed by atoms with Gasteiger partial charge in [-0.3, -0.25) is 4.90 Å². The van der Waals surface area contributed by atoms with E-state index in [2.05, 4.69) is 31.9 Å². The Morgan fingerprint density at radius 1 is 1.20 bits per heavy atom. The van der Waals surface area contributed by atoms with Crippen LogP contribution in [-0.2, 0) is 13.1 Å². The third-order valence-electron chi connectivity index (χ3n) is 2.86. The van der Waals surface area contributed by atoms with Crippen molar-refractivity contribution in [2.45, 2.75) is 13.1 Å². The van der Waals surface area contributed by atoms with Gasteiger partial charge < -0.3 is 5.11 Å². The van der Waals surface area contributed by atoms with E-state index in [-0.39, 0.29) is 5.69 Å². The maximum Gasteiger partial charge on any atom is 0.354 e. The number of carboxylic acid groups (broad SMARTS) is 1. The van der Waals surface area contributed by atoms with Gasteiger partial charge in [0.2, 0.25) is 0 Å². The highest BCUT2D eigenvalue weighted by molar-refractivity contribution is 9.10. The van der Waals surface area contributed by atoms with Crippen LogP contribution >= 0.6 is 15.9 Å². The monoisotopic (exact) mass is 334 g/mol. The third-order valence-corrected chi connectivity index (χ3v) is 3.63. The van der Waals surface area contributed by atoms with Gasteiger partial charge in [-0.25, -0.2) is 9.78 Å². The molecule has 0 bridgehead atoms. The van der Waals surface area contributed by atoms with E-state index in [4.69, 9.17) is 5.11 Å². The van der Waals surface area contributed by atoms with E-state index in [1.54, 1.807) is 6.07 Å². The molecule has 0 aliphatic heterocycles. The second kappa shape index (κ2) is 6.63. The fourth-order valence-corrected chi connectivity index (χ4v) is 2.35. The number of aromatic carboxylic acids is 1. The van der Waals surface area contributed by atoms with Crippen LogP contribution in [0.5, 0.6) is 0 Å². The van der Waals surface area contributed by atoms with Crippen molar-refractivity contribution in [3.8, 4) is 0 Å². The standard InChI is InChI=1S/C15H15BrN2O2/c1-18(9-11-5-2-3-7-13(11)16)10-12-6-4-8-14(17-12)15(19)20/h2-8H,9-10H2,1H3,(H,19,20). The van der Waals surface area contributed by atoms with Gasteiger partial charge in [0.05, 0.1) is 5.69 Å². The van der Waals surface area contributed by atoms with E-state index >= 15 is 0 Å². The summed E-state index contributed by atoms with van der Waals surface area (Å²) in [5.74, 6) is -1.000. The number of rotatable bonds is 5. The van der Waals surface area contributed by atoms with Crippen LogP contribution in [0.25, 0.3) is 0 Å². The average molecular weight is 335 g/mol. The lowest BCUT2D eigenvalue weighted by molar-refractivity contribution is 0.0690. The summed E-state index contributed by atoms with van der Waals surface area (Å²) in [5.41, 5.74) is 2.01. The first-order chi connectivity index (χ1) is 9.56. The van der Waals surface area contributed by atoms with Crippen molar-refractivity contribution < 1.29 is 9.90 Å². The van der Waals surface area contributed by atoms with E-state index in [1.807, 2.05) is 31.3 Å². The maximum atomic E-state index is 10.9. The van der Waals surface area contributed by atoms with Crippen molar-refractivity contribution in [2.75, 3.05) is 7.05 Å². The summed E-state index contributed by atoms with van der Waals surface area (Å²) in [6.07, 6.45) is 0. The Kier molecular flexibility index (Phi) is 4.87. The molecule has 4 nitrogen and oxygen atoms in total. The first kappa shape index (κ1) is 14.7.